The van der Waals surface area contributed by atoms with Gasteiger partial charge >= 0.3 is 6.03 Å². The molecule has 2 amide bonds. The molecule has 1 N–H and O–H groups in total. The third-order valence-electron chi connectivity index (χ3n) is 4.07. The van der Waals surface area contributed by atoms with Crippen molar-refractivity contribution in [3.05, 3.63) is 47.0 Å². The number of carbonyl (C=O) groups excluding carboxylic acids is 1. The number of aryl methyl sites for hydroxylation is 1. The van der Waals surface area contributed by atoms with E-state index in [1.165, 1.54) is 19.8 Å². The molecule has 0 aromatic heterocycles. The number of amides is 2. The van der Waals surface area contributed by atoms with Crippen LogP contribution < -0.4 is 19.7 Å². The number of hydrogen-bond donors (Lipinski definition) is 1. The fraction of sp³-hybridized carbons (Fsp3) is 0.278. The fourth-order valence-electron chi connectivity index (χ4n) is 2.89. The Kier molecular flexibility index (Phi) is 4.81. The minimum Gasteiger partial charge on any atom is -0.495 e. The zero-order valence-corrected chi connectivity index (χ0v) is 14.4. The smallest absolute Gasteiger partial charge is 0.326 e. The standard InChI is InChI=1S/C18H19ClN2O3/c1-23-16-11-14(17(24-2)10-13(16)19)20-18(22)21-9-5-7-12-6-3-4-8-15(12)21/h3-4,6,8,10-11H,5,7,9H2,1-2H3,(H,20,22). The van der Waals surface area contributed by atoms with Crippen LogP contribution in [0.25, 0.3) is 0 Å². The van der Waals surface area contributed by atoms with Gasteiger partial charge in [-0.3, -0.25) is 4.90 Å². The number of nitrogens with zero attached hydrogens (tertiary/aromatic N) is 1. The van der Waals surface area contributed by atoms with Crippen LogP contribution in [-0.4, -0.2) is 26.8 Å². The molecule has 24 heavy (non-hydrogen) atoms. The predicted molar refractivity (Wildman–Crippen MR) is 95.7 cm³/mol. The van der Waals surface area contributed by atoms with Crippen LogP contribution in [0.1, 0.15) is 12.0 Å². The highest BCUT2D eigenvalue weighted by atomic mass is 35.5. The number of carbonyl (C=O) groups is 1. The average molecular weight is 347 g/mol. The van der Waals surface area contributed by atoms with Gasteiger partial charge in [0.2, 0.25) is 0 Å². The lowest BCUT2D eigenvalue weighted by Crippen LogP contribution is -2.38. The number of fused-ring (bicyclic) bond motifs is 1. The predicted octanol–water partition coefficient (Wildman–Crippen LogP) is 4.34. The Hall–Kier alpha value is -2.40. The molecule has 2 aromatic rings. The van der Waals surface area contributed by atoms with Crippen molar-refractivity contribution in [3.63, 3.8) is 0 Å². The summed E-state index contributed by atoms with van der Waals surface area (Å²) in [7, 11) is 3.06. The topological polar surface area (TPSA) is 50.8 Å². The number of urea groups is 1. The zero-order chi connectivity index (χ0) is 17.1. The van der Waals surface area contributed by atoms with Crippen LogP contribution in [-0.2, 0) is 6.42 Å². The van der Waals surface area contributed by atoms with Crippen LogP contribution in [0.4, 0.5) is 16.2 Å². The van der Waals surface area contributed by atoms with E-state index in [9.17, 15) is 4.79 Å². The van der Waals surface area contributed by atoms with Gasteiger partial charge in [-0.15, -0.1) is 0 Å². The van der Waals surface area contributed by atoms with E-state index >= 15 is 0 Å². The number of nitrogens with one attached hydrogen (secondary N) is 1. The molecule has 1 heterocycles. The second kappa shape index (κ2) is 7.01. The van der Waals surface area contributed by atoms with Crippen molar-refractivity contribution in [3.8, 4) is 11.5 Å². The molecule has 0 radical (unpaired) electrons. The molecule has 1 aliphatic rings. The monoisotopic (exact) mass is 346 g/mol. The van der Waals surface area contributed by atoms with E-state index in [0.717, 1.165) is 18.5 Å². The number of rotatable bonds is 3. The molecule has 2 aromatic carbocycles. The summed E-state index contributed by atoms with van der Waals surface area (Å²) in [6.45, 7) is 0.676. The minimum atomic E-state index is -0.204. The summed E-state index contributed by atoms with van der Waals surface area (Å²) in [6, 6.07) is 11.0. The molecule has 126 valence electrons. The van der Waals surface area contributed by atoms with Gasteiger partial charge in [0.15, 0.2) is 0 Å². The fourth-order valence-corrected chi connectivity index (χ4v) is 3.12. The first-order valence-electron chi connectivity index (χ1n) is 7.72. The summed E-state index contributed by atoms with van der Waals surface area (Å²) in [5.41, 5.74) is 2.65. The summed E-state index contributed by atoms with van der Waals surface area (Å²) in [5.74, 6) is 0.964. The molecule has 0 bridgehead atoms. The van der Waals surface area contributed by atoms with Crippen molar-refractivity contribution < 1.29 is 14.3 Å². The number of halogens is 1. The molecule has 3 rings (SSSR count). The van der Waals surface area contributed by atoms with Gasteiger partial charge in [-0.2, -0.15) is 0 Å². The largest absolute Gasteiger partial charge is 0.495 e. The van der Waals surface area contributed by atoms with E-state index in [1.807, 2.05) is 18.2 Å². The summed E-state index contributed by atoms with van der Waals surface area (Å²) in [4.78, 5) is 14.5. The molecule has 0 aliphatic carbocycles. The van der Waals surface area contributed by atoms with Gasteiger partial charge in [0.05, 0.1) is 24.9 Å². The number of hydrogen-bond acceptors (Lipinski definition) is 3. The van der Waals surface area contributed by atoms with Crippen molar-refractivity contribution in [2.24, 2.45) is 0 Å². The third-order valence-corrected chi connectivity index (χ3v) is 4.37. The summed E-state index contributed by atoms with van der Waals surface area (Å²) in [5, 5.41) is 3.32. The first-order valence-corrected chi connectivity index (χ1v) is 8.09. The molecule has 0 saturated heterocycles. The number of benzene rings is 2. The van der Waals surface area contributed by atoms with Crippen molar-refractivity contribution in [2.45, 2.75) is 12.8 Å². The molecule has 0 atom stereocenters. The molecular weight excluding hydrogens is 328 g/mol. The second-order valence-electron chi connectivity index (χ2n) is 5.50. The van der Waals surface area contributed by atoms with Gasteiger partial charge in [-0.05, 0) is 24.5 Å². The van der Waals surface area contributed by atoms with Crippen LogP contribution in [0.15, 0.2) is 36.4 Å². The van der Waals surface area contributed by atoms with Crippen LogP contribution in [0.5, 0.6) is 11.5 Å². The summed E-state index contributed by atoms with van der Waals surface area (Å²) < 4.78 is 10.5. The van der Waals surface area contributed by atoms with Crippen molar-refractivity contribution in [1.82, 2.24) is 0 Å². The Morgan fingerprint density at radius 3 is 2.67 bits per heavy atom. The Morgan fingerprint density at radius 1 is 1.17 bits per heavy atom. The van der Waals surface area contributed by atoms with Crippen molar-refractivity contribution >= 4 is 29.0 Å². The number of anilines is 2. The highest BCUT2D eigenvalue weighted by Crippen LogP contribution is 2.36. The second-order valence-corrected chi connectivity index (χ2v) is 5.91. The SMILES string of the molecule is COc1cc(NC(=O)N2CCCc3ccccc32)c(OC)cc1Cl. The minimum absolute atomic E-state index is 0.204. The van der Waals surface area contributed by atoms with E-state index in [4.69, 9.17) is 21.1 Å². The third kappa shape index (κ3) is 3.12. The molecule has 1 aliphatic heterocycles. The van der Waals surface area contributed by atoms with Gasteiger partial charge in [0.1, 0.15) is 11.5 Å². The van der Waals surface area contributed by atoms with Crippen LogP contribution in [0.3, 0.4) is 0 Å². The van der Waals surface area contributed by atoms with E-state index in [2.05, 4.69) is 11.4 Å². The lowest BCUT2D eigenvalue weighted by molar-refractivity contribution is 0.256. The molecule has 0 fully saturated rings. The lowest BCUT2D eigenvalue weighted by atomic mass is 10.0. The van der Waals surface area contributed by atoms with E-state index < -0.39 is 0 Å². The normalized spacial score (nSPS) is 13.2. The number of ether oxygens (including phenoxy) is 2. The van der Waals surface area contributed by atoms with E-state index in [1.54, 1.807) is 17.0 Å². The van der Waals surface area contributed by atoms with Crippen LogP contribution >= 0.6 is 11.6 Å². The maximum absolute atomic E-state index is 12.8. The number of para-hydroxylation sites is 1. The Morgan fingerprint density at radius 2 is 1.92 bits per heavy atom. The van der Waals surface area contributed by atoms with Gasteiger partial charge in [-0.25, -0.2) is 4.79 Å². The maximum Gasteiger partial charge on any atom is 0.326 e. The highest BCUT2D eigenvalue weighted by molar-refractivity contribution is 6.32. The Labute approximate surface area is 146 Å². The average Bonchev–Trinajstić information content (AvgIpc) is 2.62. The van der Waals surface area contributed by atoms with E-state index in [0.29, 0.717) is 28.8 Å². The van der Waals surface area contributed by atoms with Gasteiger partial charge < -0.3 is 14.8 Å². The molecule has 0 unspecified atom stereocenters. The van der Waals surface area contributed by atoms with Gasteiger partial charge in [0, 0.05) is 24.4 Å². The molecule has 0 saturated carbocycles. The van der Waals surface area contributed by atoms with Crippen molar-refractivity contribution in [1.29, 1.82) is 0 Å². The first-order chi connectivity index (χ1) is 11.6. The Balaban J connectivity index is 1.88. The highest BCUT2D eigenvalue weighted by Gasteiger charge is 2.23. The number of methoxy groups -OCH3 is 2. The maximum atomic E-state index is 12.8. The van der Waals surface area contributed by atoms with Crippen molar-refractivity contribution in [2.75, 3.05) is 31.0 Å². The first kappa shape index (κ1) is 16.5. The summed E-state index contributed by atoms with van der Waals surface area (Å²) in [6.07, 6.45) is 1.92. The molecule has 0 spiro atoms. The summed E-state index contributed by atoms with van der Waals surface area (Å²) >= 11 is 6.10. The quantitative estimate of drug-likeness (QED) is 0.899. The van der Waals surface area contributed by atoms with Crippen LogP contribution in [0, 0.1) is 0 Å². The lowest BCUT2D eigenvalue weighted by Gasteiger charge is -2.29. The molecule has 5 nitrogen and oxygen atoms in total. The zero-order valence-electron chi connectivity index (χ0n) is 13.6. The molecule has 6 heteroatoms. The molecular formula is C18H19ClN2O3. The van der Waals surface area contributed by atoms with Gasteiger partial charge in [-0.1, -0.05) is 29.8 Å². The van der Waals surface area contributed by atoms with Gasteiger partial charge in [0.25, 0.3) is 0 Å². The van der Waals surface area contributed by atoms with Crippen LogP contribution in [0.2, 0.25) is 5.02 Å². The Bertz CT molecular complexity index is 764. The van der Waals surface area contributed by atoms with E-state index in [-0.39, 0.29) is 6.03 Å².